The molecule has 0 aliphatic heterocycles. The summed E-state index contributed by atoms with van der Waals surface area (Å²) in [6.07, 6.45) is -0.0757. The number of hydrazone groups is 1. The van der Waals surface area contributed by atoms with Gasteiger partial charge in [-0.3, -0.25) is 14.4 Å². The van der Waals surface area contributed by atoms with Crippen molar-refractivity contribution in [2.75, 3.05) is 24.9 Å². The number of hydrogen-bond acceptors (Lipinski definition) is 6. The largest absolute Gasteiger partial charge is 0.497 e. The van der Waals surface area contributed by atoms with Gasteiger partial charge in [0.2, 0.25) is 5.91 Å². The topological polar surface area (TPSA) is 118 Å². The molecule has 2 rings (SSSR count). The monoisotopic (exact) mass is 446 g/mol. The molecule has 0 saturated heterocycles. The van der Waals surface area contributed by atoms with Crippen molar-refractivity contribution in [3.63, 3.8) is 0 Å². The normalized spacial score (nSPS) is 10.8. The third kappa shape index (κ3) is 7.00. The molecule has 164 valence electrons. The molecule has 10 heteroatoms. The van der Waals surface area contributed by atoms with Crippen molar-refractivity contribution >= 4 is 46.4 Å². The first kappa shape index (κ1) is 23.7. The van der Waals surface area contributed by atoms with Crippen LogP contribution >= 0.6 is 11.6 Å². The van der Waals surface area contributed by atoms with Gasteiger partial charge in [-0.2, -0.15) is 5.10 Å². The fraction of sp³-hybridized carbons (Fsp3) is 0.238. The Morgan fingerprint density at radius 3 is 2.35 bits per heavy atom. The average molecular weight is 447 g/mol. The van der Waals surface area contributed by atoms with E-state index in [2.05, 4.69) is 21.2 Å². The molecule has 31 heavy (non-hydrogen) atoms. The first-order valence-electron chi connectivity index (χ1n) is 9.16. The summed E-state index contributed by atoms with van der Waals surface area (Å²) in [7, 11) is 2.91. The Labute approximate surface area is 184 Å². The molecule has 0 aliphatic rings. The number of hydrogen-bond donors (Lipinski definition) is 3. The van der Waals surface area contributed by atoms with Gasteiger partial charge in [0.1, 0.15) is 11.5 Å². The van der Waals surface area contributed by atoms with E-state index in [0.29, 0.717) is 27.9 Å². The summed E-state index contributed by atoms with van der Waals surface area (Å²) < 4.78 is 10.2. The van der Waals surface area contributed by atoms with Crippen LogP contribution in [-0.2, 0) is 14.4 Å². The van der Waals surface area contributed by atoms with Crippen molar-refractivity contribution in [2.24, 2.45) is 5.10 Å². The van der Waals surface area contributed by atoms with Crippen LogP contribution in [0.15, 0.2) is 41.5 Å². The number of methoxy groups -OCH3 is 2. The van der Waals surface area contributed by atoms with E-state index in [4.69, 9.17) is 21.1 Å². The number of benzene rings is 2. The highest BCUT2D eigenvalue weighted by Crippen LogP contribution is 2.28. The first-order chi connectivity index (χ1) is 14.7. The lowest BCUT2D eigenvalue weighted by Gasteiger charge is -2.11. The molecule has 3 amide bonds. The SMILES string of the molecule is COc1ccc(OC)c(NC(=O)C(=O)N/N=C(\C)CC(=O)Nc2ccc(Cl)cc2C)c1. The van der Waals surface area contributed by atoms with Gasteiger partial charge < -0.3 is 20.1 Å². The minimum absolute atomic E-state index is 0.0757. The number of nitrogens with one attached hydrogen (secondary N) is 3. The predicted molar refractivity (Wildman–Crippen MR) is 119 cm³/mol. The summed E-state index contributed by atoms with van der Waals surface area (Å²) in [6.45, 7) is 3.37. The van der Waals surface area contributed by atoms with E-state index in [1.807, 2.05) is 6.92 Å². The van der Waals surface area contributed by atoms with Gasteiger partial charge in [0.05, 0.1) is 26.3 Å². The molecular weight excluding hydrogens is 424 g/mol. The van der Waals surface area contributed by atoms with E-state index in [-0.39, 0.29) is 18.0 Å². The van der Waals surface area contributed by atoms with Gasteiger partial charge in [-0.1, -0.05) is 11.6 Å². The highest BCUT2D eigenvalue weighted by Gasteiger charge is 2.16. The summed E-state index contributed by atoms with van der Waals surface area (Å²) in [4.78, 5) is 36.4. The van der Waals surface area contributed by atoms with Crippen LogP contribution in [0.25, 0.3) is 0 Å². The highest BCUT2D eigenvalue weighted by molar-refractivity contribution is 6.39. The van der Waals surface area contributed by atoms with E-state index in [0.717, 1.165) is 5.56 Å². The molecule has 2 aromatic rings. The Bertz CT molecular complexity index is 1020. The van der Waals surface area contributed by atoms with E-state index in [1.54, 1.807) is 37.3 Å². The second kappa shape index (κ2) is 11.0. The van der Waals surface area contributed by atoms with Crippen molar-refractivity contribution in [2.45, 2.75) is 20.3 Å². The number of halogens is 1. The Morgan fingerprint density at radius 2 is 1.71 bits per heavy atom. The lowest BCUT2D eigenvalue weighted by molar-refractivity contribution is -0.136. The summed E-state index contributed by atoms with van der Waals surface area (Å²) in [5, 5.41) is 9.54. The van der Waals surface area contributed by atoms with Crippen LogP contribution in [0.3, 0.4) is 0 Å². The van der Waals surface area contributed by atoms with Crippen molar-refractivity contribution in [3.05, 3.63) is 47.0 Å². The van der Waals surface area contributed by atoms with Gasteiger partial charge in [0.15, 0.2) is 0 Å². The van der Waals surface area contributed by atoms with E-state index in [9.17, 15) is 14.4 Å². The number of aryl methyl sites for hydroxylation is 1. The Balaban J connectivity index is 1.92. The predicted octanol–water partition coefficient (Wildman–Crippen LogP) is 3.13. The third-order valence-corrected chi connectivity index (χ3v) is 4.32. The number of carbonyl (C=O) groups is 3. The quantitative estimate of drug-likeness (QED) is 0.343. The molecule has 0 fully saturated rings. The molecule has 0 spiro atoms. The maximum absolute atomic E-state index is 12.2. The molecule has 0 atom stereocenters. The summed E-state index contributed by atoms with van der Waals surface area (Å²) in [5.41, 5.74) is 4.13. The number of nitrogens with zero attached hydrogens (tertiary/aromatic N) is 1. The van der Waals surface area contributed by atoms with Crippen LogP contribution in [0.2, 0.25) is 5.02 Å². The van der Waals surface area contributed by atoms with Gasteiger partial charge in [0.25, 0.3) is 0 Å². The van der Waals surface area contributed by atoms with Crippen LogP contribution in [0.1, 0.15) is 18.9 Å². The van der Waals surface area contributed by atoms with Crippen molar-refractivity contribution in [1.29, 1.82) is 0 Å². The van der Waals surface area contributed by atoms with Crippen molar-refractivity contribution in [3.8, 4) is 11.5 Å². The molecule has 0 heterocycles. The highest BCUT2D eigenvalue weighted by atomic mass is 35.5. The number of anilines is 2. The zero-order valence-corrected chi connectivity index (χ0v) is 18.3. The minimum Gasteiger partial charge on any atom is -0.497 e. The van der Waals surface area contributed by atoms with Crippen LogP contribution in [0, 0.1) is 6.92 Å². The average Bonchev–Trinajstić information content (AvgIpc) is 2.73. The maximum Gasteiger partial charge on any atom is 0.329 e. The van der Waals surface area contributed by atoms with Gasteiger partial charge in [-0.05, 0) is 49.7 Å². The van der Waals surface area contributed by atoms with Gasteiger partial charge in [-0.25, -0.2) is 5.43 Å². The molecule has 2 aromatic carbocycles. The smallest absolute Gasteiger partial charge is 0.329 e. The molecular formula is C21H23ClN4O5. The van der Waals surface area contributed by atoms with Crippen LogP contribution in [0.4, 0.5) is 11.4 Å². The fourth-order valence-electron chi connectivity index (χ4n) is 2.52. The lowest BCUT2D eigenvalue weighted by Crippen LogP contribution is -2.33. The van der Waals surface area contributed by atoms with Gasteiger partial charge in [0, 0.05) is 22.5 Å². The molecule has 0 bridgehead atoms. The number of ether oxygens (including phenoxy) is 2. The zero-order chi connectivity index (χ0) is 23.0. The van der Waals surface area contributed by atoms with Gasteiger partial charge >= 0.3 is 11.8 Å². The van der Waals surface area contributed by atoms with E-state index < -0.39 is 11.8 Å². The van der Waals surface area contributed by atoms with E-state index >= 15 is 0 Å². The summed E-state index contributed by atoms with van der Waals surface area (Å²) in [5.74, 6) is -1.45. The Kier molecular flexibility index (Phi) is 8.39. The number of carbonyl (C=O) groups excluding carboxylic acids is 3. The van der Waals surface area contributed by atoms with Crippen LogP contribution in [-0.4, -0.2) is 37.7 Å². The molecule has 3 N–H and O–H groups in total. The molecule has 0 aliphatic carbocycles. The van der Waals surface area contributed by atoms with E-state index in [1.165, 1.54) is 20.3 Å². The standard InChI is InChI=1S/C21H23ClN4O5/c1-12-9-14(22)5-7-16(12)23-19(27)10-13(2)25-26-21(29)20(28)24-17-11-15(30-3)6-8-18(17)31-4/h5-9,11H,10H2,1-4H3,(H,23,27)(H,24,28)(H,26,29)/b25-13+. The summed E-state index contributed by atoms with van der Waals surface area (Å²) in [6, 6.07) is 9.85. The minimum atomic E-state index is -1.00. The van der Waals surface area contributed by atoms with Crippen LogP contribution in [0.5, 0.6) is 11.5 Å². The van der Waals surface area contributed by atoms with Crippen LogP contribution < -0.4 is 25.5 Å². The first-order valence-corrected chi connectivity index (χ1v) is 9.53. The molecule has 0 unspecified atom stereocenters. The molecule has 0 aromatic heterocycles. The molecule has 0 saturated carbocycles. The third-order valence-electron chi connectivity index (χ3n) is 4.09. The summed E-state index contributed by atoms with van der Waals surface area (Å²) >= 11 is 5.90. The molecule has 9 nitrogen and oxygen atoms in total. The number of amides is 3. The second-order valence-corrected chi connectivity index (χ2v) is 6.93. The lowest BCUT2D eigenvalue weighted by atomic mass is 10.2. The Morgan fingerprint density at radius 1 is 0.968 bits per heavy atom. The second-order valence-electron chi connectivity index (χ2n) is 6.49. The molecule has 0 radical (unpaired) electrons. The van der Waals surface area contributed by atoms with Crippen molar-refractivity contribution < 1.29 is 23.9 Å². The zero-order valence-electron chi connectivity index (χ0n) is 17.5. The Hall–Kier alpha value is -3.59. The maximum atomic E-state index is 12.2. The van der Waals surface area contributed by atoms with Crippen molar-refractivity contribution in [1.82, 2.24) is 5.43 Å². The number of rotatable bonds is 7. The van der Waals surface area contributed by atoms with Gasteiger partial charge in [-0.15, -0.1) is 0 Å². The fourth-order valence-corrected chi connectivity index (χ4v) is 2.75.